The third-order valence-corrected chi connectivity index (χ3v) is 5.55. The molecular formula is C18H22N2O2S. The van der Waals surface area contributed by atoms with Crippen LogP contribution in [0.4, 0.5) is 0 Å². The van der Waals surface area contributed by atoms with Gasteiger partial charge in [0.1, 0.15) is 5.01 Å². The molecule has 0 spiro atoms. The number of thiazole rings is 1. The molecule has 1 aliphatic rings. The van der Waals surface area contributed by atoms with Gasteiger partial charge in [0.2, 0.25) is 0 Å². The number of nitrogens with zero attached hydrogens (tertiary/aromatic N) is 1. The van der Waals surface area contributed by atoms with E-state index in [-0.39, 0.29) is 12.0 Å². The Kier molecular flexibility index (Phi) is 5.08. The molecule has 1 aliphatic carbocycles. The number of rotatable bonds is 5. The Balaban J connectivity index is 1.58. The molecule has 0 saturated heterocycles. The lowest BCUT2D eigenvalue weighted by molar-refractivity contribution is -0.142. The molecule has 122 valence electrons. The van der Waals surface area contributed by atoms with Crippen molar-refractivity contribution < 1.29 is 9.90 Å². The summed E-state index contributed by atoms with van der Waals surface area (Å²) in [6.45, 7) is 2.14. The van der Waals surface area contributed by atoms with Crippen LogP contribution < -0.4 is 5.32 Å². The molecule has 1 saturated carbocycles. The van der Waals surface area contributed by atoms with Crippen LogP contribution in [-0.4, -0.2) is 22.1 Å². The lowest BCUT2D eigenvalue weighted by Crippen LogP contribution is -2.36. The van der Waals surface area contributed by atoms with Crippen molar-refractivity contribution in [3.05, 3.63) is 40.7 Å². The third-order valence-electron chi connectivity index (χ3n) is 4.52. The number of hydrogen-bond donors (Lipinski definition) is 2. The van der Waals surface area contributed by atoms with Gasteiger partial charge in [0, 0.05) is 17.0 Å². The van der Waals surface area contributed by atoms with Crippen LogP contribution in [0.25, 0.3) is 11.3 Å². The zero-order valence-corrected chi connectivity index (χ0v) is 14.1. The number of carboxylic acid groups (broad SMARTS) is 1. The van der Waals surface area contributed by atoms with Gasteiger partial charge in [0.25, 0.3) is 0 Å². The molecule has 1 unspecified atom stereocenters. The van der Waals surface area contributed by atoms with Crippen molar-refractivity contribution in [2.75, 3.05) is 0 Å². The second kappa shape index (κ2) is 7.23. The zero-order valence-electron chi connectivity index (χ0n) is 13.2. The topological polar surface area (TPSA) is 62.2 Å². The number of aliphatic carboxylic acids is 1. The highest BCUT2D eigenvalue weighted by atomic mass is 32.1. The predicted octanol–water partition coefficient (Wildman–Crippen LogP) is 4.10. The van der Waals surface area contributed by atoms with Gasteiger partial charge in [-0.25, -0.2) is 4.98 Å². The number of carboxylic acids is 1. The van der Waals surface area contributed by atoms with E-state index < -0.39 is 5.97 Å². The summed E-state index contributed by atoms with van der Waals surface area (Å²) < 4.78 is 0. The van der Waals surface area contributed by atoms with Gasteiger partial charge in [0.05, 0.1) is 17.7 Å². The fourth-order valence-corrected chi connectivity index (χ4v) is 4.00. The SMILES string of the molecule is CC(NC1CCC(C(=O)O)CC1)c1nc(-c2ccccc2)cs1. The van der Waals surface area contributed by atoms with E-state index >= 15 is 0 Å². The van der Waals surface area contributed by atoms with E-state index in [9.17, 15) is 4.79 Å². The third kappa shape index (κ3) is 3.98. The minimum absolute atomic E-state index is 0.159. The summed E-state index contributed by atoms with van der Waals surface area (Å²) in [5, 5.41) is 15.9. The van der Waals surface area contributed by atoms with Gasteiger partial charge in [0.15, 0.2) is 0 Å². The Hall–Kier alpha value is -1.72. The van der Waals surface area contributed by atoms with Gasteiger partial charge in [-0.05, 0) is 32.6 Å². The lowest BCUT2D eigenvalue weighted by atomic mass is 9.86. The number of benzene rings is 1. The molecule has 3 rings (SSSR count). The van der Waals surface area contributed by atoms with Gasteiger partial charge in [-0.15, -0.1) is 11.3 Å². The largest absolute Gasteiger partial charge is 0.481 e. The molecule has 0 bridgehead atoms. The summed E-state index contributed by atoms with van der Waals surface area (Å²) in [6, 6.07) is 10.8. The Morgan fingerprint density at radius 3 is 2.61 bits per heavy atom. The highest BCUT2D eigenvalue weighted by Gasteiger charge is 2.27. The molecule has 5 heteroatoms. The van der Waals surface area contributed by atoms with Crippen molar-refractivity contribution in [3.8, 4) is 11.3 Å². The van der Waals surface area contributed by atoms with Crippen molar-refractivity contribution in [2.45, 2.75) is 44.7 Å². The average Bonchev–Trinajstić information content (AvgIpc) is 3.06. The molecule has 1 atom stereocenters. The van der Waals surface area contributed by atoms with E-state index in [1.165, 1.54) is 0 Å². The zero-order chi connectivity index (χ0) is 16.2. The number of nitrogens with one attached hydrogen (secondary N) is 1. The molecule has 1 aromatic heterocycles. The first-order chi connectivity index (χ1) is 11.1. The molecule has 1 fully saturated rings. The average molecular weight is 330 g/mol. The monoisotopic (exact) mass is 330 g/mol. The van der Waals surface area contributed by atoms with Crippen LogP contribution in [0, 0.1) is 5.92 Å². The second-order valence-electron chi connectivity index (χ2n) is 6.21. The molecule has 0 aliphatic heterocycles. The van der Waals surface area contributed by atoms with Gasteiger partial charge in [-0.2, -0.15) is 0 Å². The number of aromatic nitrogens is 1. The molecule has 4 nitrogen and oxygen atoms in total. The Bertz CT molecular complexity index is 648. The van der Waals surface area contributed by atoms with E-state index in [4.69, 9.17) is 10.1 Å². The smallest absolute Gasteiger partial charge is 0.306 e. The van der Waals surface area contributed by atoms with E-state index in [0.29, 0.717) is 6.04 Å². The highest BCUT2D eigenvalue weighted by molar-refractivity contribution is 7.10. The maximum Gasteiger partial charge on any atom is 0.306 e. The molecule has 23 heavy (non-hydrogen) atoms. The summed E-state index contributed by atoms with van der Waals surface area (Å²) in [7, 11) is 0. The van der Waals surface area contributed by atoms with E-state index in [0.717, 1.165) is 41.9 Å². The van der Waals surface area contributed by atoms with E-state index in [1.54, 1.807) is 11.3 Å². The van der Waals surface area contributed by atoms with Crippen LogP contribution in [0.1, 0.15) is 43.7 Å². The van der Waals surface area contributed by atoms with Crippen LogP contribution >= 0.6 is 11.3 Å². The molecule has 0 radical (unpaired) electrons. The van der Waals surface area contributed by atoms with Gasteiger partial charge in [-0.1, -0.05) is 30.3 Å². The fourth-order valence-electron chi connectivity index (χ4n) is 3.16. The Morgan fingerprint density at radius 1 is 1.26 bits per heavy atom. The minimum atomic E-state index is -0.649. The first-order valence-corrected chi connectivity index (χ1v) is 9.01. The molecule has 2 aromatic rings. The van der Waals surface area contributed by atoms with Crippen LogP contribution in [0.3, 0.4) is 0 Å². The van der Waals surface area contributed by atoms with Crippen LogP contribution in [-0.2, 0) is 4.79 Å². The maximum absolute atomic E-state index is 11.0. The molecule has 2 N–H and O–H groups in total. The molecular weight excluding hydrogens is 308 g/mol. The van der Waals surface area contributed by atoms with Crippen molar-refractivity contribution in [3.63, 3.8) is 0 Å². The van der Waals surface area contributed by atoms with Crippen molar-refractivity contribution in [2.24, 2.45) is 5.92 Å². The molecule has 0 amide bonds. The van der Waals surface area contributed by atoms with Crippen molar-refractivity contribution in [1.29, 1.82) is 0 Å². The fraction of sp³-hybridized carbons (Fsp3) is 0.444. The lowest BCUT2D eigenvalue weighted by Gasteiger charge is -2.28. The minimum Gasteiger partial charge on any atom is -0.481 e. The summed E-state index contributed by atoms with van der Waals surface area (Å²) >= 11 is 1.68. The van der Waals surface area contributed by atoms with Crippen molar-refractivity contribution >= 4 is 17.3 Å². The van der Waals surface area contributed by atoms with Crippen LogP contribution in [0.15, 0.2) is 35.7 Å². The summed E-state index contributed by atoms with van der Waals surface area (Å²) in [6.07, 6.45) is 3.40. The summed E-state index contributed by atoms with van der Waals surface area (Å²) in [4.78, 5) is 15.8. The normalized spacial score (nSPS) is 22.7. The summed E-state index contributed by atoms with van der Waals surface area (Å²) in [5.41, 5.74) is 2.16. The first-order valence-electron chi connectivity index (χ1n) is 8.13. The van der Waals surface area contributed by atoms with Gasteiger partial charge < -0.3 is 10.4 Å². The maximum atomic E-state index is 11.0. The van der Waals surface area contributed by atoms with Gasteiger partial charge >= 0.3 is 5.97 Å². The summed E-state index contributed by atoms with van der Waals surface area (Å²) in [5.74, 6) is -0.808. The van der Waals surface area contributed by atoms with E-state index in [2.05, 4.69) is 29.8 Å². The van der Waals surface area contributed by atoms with E-state index in [1.807, 2.05) is 18.2 Å². The van der Waals surface area contributed by atoms with Crippen LogP contribution in [0.5, 0.6) is 0 Å². The Labute approximate surface area is 140 Å². The highest BCUT2D eigenvalue weighted by Crippen LogP contribution is 2.29. The number of carbonyl (C=O) groups is 1. The quantitative estimate of drug-likeness (QED) is 0.866. The first kappa shape index (κ1) is 16.1. The van der Waals surface area contributed by atoms with Crippen LogP contribution in [0.2, 0.25) is 0 Å². The van der Waals surface area contributed by atoms with Gasteiger partial charge in [-0.3, -0.25) is 4.79 Å². The number of hydrogen-bond acceptors (Lipinski definition) is 4. The predicted molar refractivity (Wildman–Crippen MR) is 92.5 cm³/mol. The second-order valence-corrected chi connectivity index (χ2v) is 7.10. The standard InChI is InChI=1S/C18H22N2O2S/c1-12(19-15-9-7-14(8-10-15)18(21)22)17-20-16(11-23-17)13-5-3-2-4-6-13/h2-6,11-12,14-15,19H,7-10H2,1H3,(H,21,22). The molecule has 1 aromatic carbocycles. The Morgan fingerprint density at radius 2 is 1.96 bits per heavy atom. The van der Waals surface area contributed by atoms with Crippen molar-refractivity contribution in [1.82, 2.24) is 10.3 Å². The molecule has 1 heterocycles.